The first-order valence-corrected chi connectivity index (χ1v) is 9.95. The first-order valence-electron chi connectivity index (χ1n) is 8.38. The van der Waals surface area contributed by atoms with E-state index < -0.39 is 3.79 Å². The summed E-state index contributed by atoms with van der Waals surface area (Å²) in [6, 6.07) is 0. The van der Waals surface area contributed by atoms with E-state index in [-0.39, 0.29) is 5.50 Å². The Morgan fingerprint density at radius 1 is 0.810 bits per heavy atom. The maximum Gasteiger partial charge on any atom is 0.190 e. The van der Waals surface area contributed by atoms with Gasteiger partial charge in [0.1, 0.15) is 0 Å². The van der Waals surface area contributed by atoms with E-state index in [1.165, 1.54) is 38.5 Å². The number of alkyl halides is 4. The minimum atomic E-state index is -1.19. The summed E-state index contributed by atoms with van der Waals surface area (Å²) in [6.07, 6.45) is 8.52. The highest BCUT2D eigenvalue weighted by atomic mass is 35.6. The van der Waals surface area contributed by atoms with Gasteiger partial charge in [0.15, 0.2) is 9.29 Å². The lowest BCUT2D eigenvalue weighted by Gasteiger charge is -2.43. The van der Waals surface area contributed by atoms with Crippen LogP contribution in [-0.2, 0) is 0 Å². The molecule has 1 nitrogen and oxygen atoms in total. The van der Waals surface area contributed by atoms with Gasteiger partial charge in [-0.25, -0.2) is 0 Å². The Hall–Kier alpha value is 1.12. The normalized spacial score (nSPS) is 14.4. The number of hydrogen-bond donors (Lipinski definition) is 0. The van der Waals surface area contributed by atoms with Gasteiger partial charge in [-0.2, -0.15) is 0 Å². The second-order valence-corrected chi connectivity index (χ2v) is 9.06. The quantitative estimate of drug-likeness (QED) is 0.196. The lowest BCUT2D eigenvalue weighted by atomic mass is 10.1. The monoisotopic (exact) mass is 378 g/mol. The average molecular weight is 380 g/mol. The van der Waals surface area contributed by atoms with E-state index in [4.69, 9.17) is 46.4 Å². The van der Waals surface area contributed by atoms with Gasteiger partial charge in [0.2, 0.25) is 0 Å². The van der Waals surface area contributed by atoms with Gasteiger partial charge in [0.25, 0.3) is 0 Å². The topological polar surface area (TPSA) is 0 Å². The number of halogens is 4. The Morgan fingerprint density at radius 3 is 1.48 bits per heavy atom. The molecule has 0 aromatic carbocycles. The summed E-state index contributed by atoms with van der Waals surface area (Å²) in [5.74, 6) is 0. The van der Waals surface area contributed by atoms with Crippen LogP contribution in [0.4, 0.5) is 0 Å². The summed E-state index contributed by atoms with van der Waals surface area (Å²) in [5.41, 5.74) is 0.0466. The van der Waals surface area contributed by atoms with Crippen LogP contribution in [0.2, 0.25) is 0 Å². The third-order valence-corrected chi connectivity index (χ3v) is 5.33. The van der Waals surface area contributed by atoms with Gasteiger partial charge in [-0.05, 0) is 19.3 Å². The van der Waals surface area contributed by atoms with Crippen LogP contribution in [0.1, 0.15) is 72.1 Å². The van der Waals surface area contributed by atoms with Gasteiger partial charge < -0.3 is 4.48 Å². The first-order chi connectivity index (χ1) is 9.81. The van der Waals surface area contributed by atoms with E-state index in [1.807, 2.05) is 0 Å². The van der Waals surface area contributed by atoms with Gasteiger partial charge in [0, 0.05) is 12.8 Å². The van der Waals surface area contributed by atoms with E-state index in [0.29, 0.717) is 6.42 Å². The highest BCUT2D eigenvalue weighted by Gasteiger charge is 2.35. The first kappa shape index (κ1) is 22.1. The predicted molar refractivity (Wildman–Crippen MR) is 98.8 cm³/mol. The number of nitrogens with zero attached hydrogens (tertiary/aromatic N) is 1. The highest BCUT2D eigenvalue weighted by Crippen LogP contribution is 2.35. The Labute approximate surface area is 151 Å². The summed E-state index contributed by atoms with van der Waals surface area (Å²) >= 11 is 24.5. The zero-order valence-corrected chi connectivity index (χ0v) is 16.8. The van der Waals surface area contributed by atoms with Crippen molar-refractivity contribution in [3.63, 3.8) is 0 Å². The van der Waals surface area contributed by atoms with Gasteiger partial charge >= 0.3 is 0 Å². The standard InChI is InChI=1S/C16H32Cl4N/c1-4-7-12-21(13-8-5-2,14-9-6-3)15(17)10-11-16(18,19)20/h15H,4-14H2,1-3H3/q+1. The number of unbranched alkanes of at least 4 members (excludes halogenated alkanes) is 3. The summed E-state index contributed by atoms with van der Waals surface area (Å²) < 4.78 is -0.207. The zero-order chi connectivity index (χ0) is 16.4. The van der Waals surface area contributed by atoms with Crippen molar-refractivity contribution in [2.45, 2.75) is 81.4 Å². The molecule has 0 rings (SSSR count). The molecule has 0 aliphatic carbocycles. The maximum absolute atomic E-state index is 6.81. The van der Waals surface area contributed by atoms with Gasteiger partial charge in [-0.3, -0.25) is 0 Å². The van der Waals surface area contributed by atoms with Crippen molar-refractivity contribution in [3.8, 4) is 0 Å². The SMILES string of the molecule is CCCC[N+](CCCC)(CCCC)C(Cl)CCC(Cl)(Cl)Cl. The fourth-order valence-electron chi connectivity index (χ4n) is 2.73. The number of quaternary nitrogens is 1. The summed E-state index contributed by atoms with van der Waals surface area (Å²) in [4.78, 5) is 0. The zero-order valence-electron chi connectivity index (χ0n) is 13.8. The highest BCUT2D eigenvalue weighted by molar-refractivity contribution is 6.67. The second kappa shape index (κ2) is 11.6. The van der Waals surface area contributed by atoms with E-state index in [0.717, 1.165) is 30.5 Å². The molecule has 0 aromatic rings. The molecule has 21 heavy (non-hydrogen) atoms. The Bertz CT molecular complexity index is 231. The molecule has 0 spiro atoms. The van der Waals surface area contributed by atoms with Crippen molar-refractivity contribution >= 4 is 46.4 Å². The molecule has 0 radical (unpaired) electrons. The Kier molecular flexibility index (Phi) is 12.2. The van der Waals surface area contributed by atoms with E-state index in [1.54, 1.807) is 0 Å². The molecular weight excluding hydrogens is 348 g/mol. The Morgan fingerprint density at radius 2 is 1.19 bits per heavy atom. The lowest BCUT2D eigenvalue weighted by molar-refractivity contribution is -0.940. The van der Waals surface area contributed by atoms with Crippen molar-refractivity contribution < 1.29 is 4.48 Å². The molecule has 0 bridgehead atoms. The van der Waals surface area contributed by atoms with Crippen LogP contribution in [0.3, 0.4) is 0 Å². The smallest absolute Gasteiger partial charge is 0.190 e. The van der Waals surface area contributed by atoms with Crippen molar-refractivity contribution in [2.24, 2.45) is 0 Å². The van der Waals surface area contributed by atoms with E-state index in [2.05, 4.69) is 20.8 Å². The minimum absolute atomic E-state index is 0.0466. The molecule has 0 N–H and O–H groups in total. The lowest BCUT2D eigenvalue weighted by Crippen LogP contribution is -2.55. The Balaban J connectivity index is 4.90. The van der Waals surface area contributed by atoms with Crippen LogP contribution in [0.25, 0.3) is 0 Å². The van der Waals surface area contributed by atoms with Crippen LogP contribution >= 0.6 is 46.4 Å². The average Bonchev–Trinajstić information content (AvgIpc) is 2.43. The largest absolute Gasteiger partial charge is 0.309 e. The van der Waals surface area contributed by atoms with Gasteiger partial charge in [-0.15, -0.1) is 0 Å². The van der Waals surface area contributed by atoms with Crippen molar-refractivity contribution in [1.29, 1.82) is 0 Å². The van der Waals surface area contributed by atoms with Crippen LogP contribution < -0.4 is 0 Å². The van der Waals surface area contributed by atoms with Crippen LogP contribution in [0.5, 0.6) is 0 Å². The number of hydrogen-bond acceptors (Lipinski definition) is 0. The van der Waals surface area contributed by atoms with E-state index >= 15 is 0 Å². The molecule has 0 aliphatic heterocycles. The van der Waals surface area contributed by atoms with Crippen LogP contribution in [0.15, 0.2) is 0 Å². The molecule has 1 atom stereocenters. The van der Waals surface area contributed by atoms with Gasteiger partial charge in [-0.1, -0.05) is 86.4 Å². The molecule has 5 heteroatoms. The van der Waals surface area contributed by atoms with Crippen molar-refractivity contribution in [1.82, 2.24) is 0 Å². The molecule has 0 fully saturated rings. The molecule has 1 unspecified atom stereocenters. The van der Waals surface area contributed by atoms with Crippen LogP contribution in [0, 0.1) is 0 Å². The van der Waals surface area contributed by atoms with Gasteiger partial charge in [0.05, 0.1) is 19.6 Å². The molecule has 0 heterocycles. The fraction of sp³-hybridized carbons (Fsp3) is 1.00. The second-order valence-electron chi connectivity index (χ2n) is 6.04. The third kappa shape index (κ3) is 9.76. The fourth-order valence-corrected chi connectivity index (χ4v) is 3.46. The molecule has 128 valence electrons. The van der Waals surface area contributed by atoms with Crippen molar-refractivity contribution in [3.05, 3.63) is 0 Å². The van der Waals surface area contributed by atoms with Crippen molar-refractivity contribution in [2.75, 3.05) is 19.6 Å². The predicted octanol–water partition coefficient (Wildman–Crippen LogP) is 6.92. The molecule has 0 amide bonds. The molecule has 0 saturated carbocycles. The summed E-state index contributed by atoms with van der Waals surface area (Å²) in [6.45, 7) is 10.1. The molecule has 0 saturated heterocycles. The summed E-state index contributed by atoms with van der Waals surface area (Å²) in [5, 5.41) is 0. The molecule has 0 aliphatic rings. The van der Waals surface area contributed by atoms with Crippen LogP contribution in [-0.4, -0.2) is 33.4 Å². The number of rotatable bonds is 12. The van der Waals surface area contributed by atoms with E-state index in [9.17, 15) is 0 Å². The summed E-state index contributed by atoms with van der Waals surface area (Å²) in [7, 11) is 0. The molecular formula is C16H32Cl4N+. The third-order valence-electron chi connectivity index (χ3n) is 4.13. The molecule has 0 aromatic heterocycles. The maximum atomic E-state index is 6.81. The minimum Gasteiger partial charge on any atom is -0.309 e.